The minimum atomic E-state index is -3.53. The van der Waals surface area contributed by atoms with Gasteiger partial charge in [0.15, 0.2) is 0 Å². The van der Waals surface area contributed by atoms with Crippen molar-refractivity contribution in [3.05, 3.63) is 59.9 Å². The number of piperidine rings is 1. The highest BCUT2D eigenvalue weighted by atomic mass is 32.2. The van der Waals surface area contributed by atoms with Crippen molar-refractivity contribution in [3.8, 4) is 0 Å². The molecule has 0 aliphatic carbocycles. The van der Waals surface area contributed by atoms with Crippen molar-refractivity contribution in [2.75, 3.05) is 13.1 Å². The summed E-state index contributed by atoms with van der Waals surface area (Å²) in [4.78, 5) is 0.396. The molecule has 3 aromatic rings. The van der Waals surface area contributed by atoms with Crippen LogP contribution >= 0.6 is 0 Å². The number of aromatic nitrogens is 2. The Labute approximate surface area is 147 Å². The van der Waals surface area contributed by atoms with Crippen LogP contribution < -0.4 is 0 Å². The predicted octanol–water partition coefficient (Wildman–Crippen LogP) is 3.44. The molecule has 1 aliphatic rings. The molecule has 1 saturated heterocycles. The molecule has 0 amide bonds. The zero-order valence-corrected chi connectivity index (χ0v) is 15.0. The largest absolute Gasteiger partial charge is 0.282 e. The van der Waals surface area contributed by atoms with Gasteiger partial charge in [0.25, 0.3) is 0 Å². The molecule has 0 saturated carbocycles. The van der Waals surface area contributed by atoms with Crippen LogP contribution in [0, 0.1) is 6.92 Å². The summed E-state index contributed by atoms with van der Waals surface area (Å²) in [6.07, 6.45) is 3.63. The molecule has 1 aromatic heterocycles. The van der Waals surface area contributed by atoms with Crippen molar-refractivity contribution in [1.29, 1.82) is 0 Å². The molecule has 6 heteroatoms. The molecular weight excluding hydrogens is 334 g/mol. The fourth-order valence-corrected chi connectivity index (χ4v) is 5.46. The lowest BCUT2D eigenvalue weighted by molar-refractivity contribution is 0.312. The Morgan fingerprint density at radius 2 is 1.96 bits per heavy atom. The van der Waals surface area contributed by atoms with Crippen LogP contribution in [0.4, 0.5) is 0 Å². The monoisotopic (exact) mass is 355 g/mol. The molecule has 1 aliphatic heterocycles. The van der Waals surface area contributed by atoms with Crippen molar-refractivity contribution in [2.24, 2.45) is 0 Å². The van der Waals surface area contributed by atoms with E-state index in [0.29, 0.717) is 18.0 Å². The molecule has 2 heterocycles. The van der Waals surface area contributed by atoms with E-state index in [-0.39, 0.29) is 5.92 Å². The van der Waals surface area contributed by atoms with Crippen molar-refractivity contribution < 1.29 is 8.42 Å². The van der Waals surface area contributed by atoms with Gasteiger partial charge >= 0.3 is 0 Å². The van der Waals surface area contributed by atoms with Crippen LogP contribution in [0.2, 0.25) is 0 Å². The van der Waals surface area contributed by atoms with E-state index in [1.54, 1.807) is 16.6 Å². The van der Waals surface area contributed by atoms with E-state index in [2.05, 4.69) is 10.2 Å². The Morgan fingerprint density at radius 1 is 1.16 bits per heavy atom. The van der Waals surface area contributed by atoms with Crippen LogP contribution in [0.1, 0.15) is 30.0 Å². The van der Waals surface area contributed by atoms with Gasteiger partial charge in [-0.3, -0.25) is 5.10 Å². The maximum atomic E-state index is 13.3. The SMILES string of the molecule is Cc1cn[nH]c1C1CCCN(S(=O)(=O)c2cccc3ccccc23)C1. The van der Waals surface area contributed by atoms with Crippen LogP contribution in [-0.4, -0.2) is 36.0 Å². The molecule has 1 unspecified atom stereocenters. The van der Waals surface area contributed by atoms with Crippen LogP contribution in [0.25, 0.3) is 10.8 Å². The smallest absolute Gasteiger partial charge is 0.243 e. The molecule has 130 valence electrons. The minimum Gasteiger partial charge on any atom is -0.282 e. The Hall–Kier alpha value is -2.18. The van der Waals surface area contributed by atoms with Crippen molar-refractivity contribution in [3.63, 3.8) is 0 Å². The lowest BCUT2D eigenvalue weighted by Crippen LogP contribution is -2.39. The Morgan fingerprint density at radius 3 is 2.76 bits per heavy atom. The zero-order chi connectivity index (χ0) is 17.4. The number of sulfonamides is 1. The van der Waals surface area contributed by atoms with E-state index in [1.165, 1.54) is 0 Å². The number of H-pyrrole nitrogens is 1. The summed E-state index contributed by atoms with van der Waals surface area (Å²) >= 11 is 0. The summed E-state index contributed by atoms with van der Waals surface area (Å²) < 4.78 is 28.2. The second-order valence-electron chi connectivity index (χ2n) is 6.65. The molecule has 1 fully saturated rings. The van der Waals surface area contributed by atoms with Gasteiger partial charge in [0, 0.05) is 30.1 Å². The average Bonchev–Trinajstić information content (AvgIpc) is 3.07. The van der Waals surface area contributed by atoms with Gasteiger partial charge in [0.05, 0.1) is 11.1 Å². The van der Waals surface area contributed by atoms with E-state index in [1.807, 2.05) is 43.3 Å². The highest BCUT2D eigenvalue weighted by Gasteiger charge is 2.32. The van der Waals surface area contributed by atoms with Crippen LogP contribution in [0.3, 0.4) is 0 Å². The maximum absolute atomic E-state index is 13.3. The van der Waals surface area contributed by atoms with Gasteiger partial charge in [-0.15, -0.1) is 0 Å². The third-order valence-electron chi connectivity index (χ3n) is 5.03. The number of benzene rings is 2. The summed E-state index contributed by atoms with van der Waals surface area (Å²) in [6.45, 7) is 3.07. The predicted molar refractivity (Wildman–Crippen MR) is 98.0 cm³/mol. The molecule has 4 rings (SSSR count). The third kappa shape index (κ3) is 2.85. The van der Waals surface area contributed by atoms with Crippen molar-refractivity contribution in [1.82, 2.24) is 14.5 Å². The second-order valence-corrected chi connectivity index (χ2v) is 8.55. The Kier molecular flexibility index (Phi) is 4.09. The molecule has 2 aromatic carbocycles. The van der Waals surface area contributed by atoms with E-state index >= 15 is 0 Å². The maximum Gasteiger partial charge on any atom is 0.243 e. The molecule has 1 N–H and O–H groups in total. The van der Waals surface area contributed by atoms with Gasteiger partial charge in [-0.05, 0) is 36.8 Å². The van der Waals surface area contributed by atoms with Crippen LogP contribution in [-0.2, 0) is 10.0 Å². The Bertz CT molecular complexity index is 1000. The third-order valence-corrected chi connectivity index (χ3v) is 6.95. The van der Waals surface area contributed by atoms with E-state index in [9.17, 15) is 8.42 Å². The van der Waals surface area contributed by atoms with E-state index in [0.717, 1.165) is 34.9 Å². The molecule has 25 heavy (non-hydrogen) atoms. The van der Waals surface area contributed by atoms with Crippen molar-refractivity contribution in [2.45, 2.75) is 30.6 Å². The number of fused-ring (bicyclic) bond motifs is 1. The number of hydrogen-bond acceptors (Lipinski definition) is 3. The number of hydrogen-bond donors (Lipinski definition) is 1. The highest BCUT2D eigenvalue weighted by molar-refractivity contribution is 7.89. The van der Waals surface area contributed by atoms with E-state index < -0.39 is 10.0 Å². The fraction of sp³-hybridized carbons (Fsp3) is 0.316. The summed E-state index contributed by atoms with van der Waals surface area (Å²) in [5.41, 5.74) is 2.15. The second kappa shape index (κ2) is 6.28. The molecule has 0 bridgehead atoms. The molecule has 0 spiro atoms. The molecular formula is C19H21N3O2S. The Balaban J connectivity index is 1.71. The summed E-state index contributed by atoms with van der Waals surface area (Å²) in [5.74, 6) is 0.168. The topological polar surface area (TPSA) is 66.1 Å². The molecule has 0 radical (unpaired) electrons. The number of aryl methyl sites for hydroxylation is 1. The number of aromatic amines is 1. The zero-order valence-electron chi connectivity index (χ0n) is 14.1. The van der Waals surface area contributed by atoms with Gasteiger partial charge in [-0.2, -0.15) is 9.40 Å². The molecule has 5 nitrogen and oxygen atoms in total. The quantitative estimate of drug-likeness (QED) is 0.783. The first kappa shape index (κ1) is 16.3. The normalized spacial score (nSPS) is 19.3. The first-order valence-corrected chi connectivity index (χ1v) is 9.99. The standard InChI is InChI=1S/C19H21N3O2S/c1-14-12-20-21-19(14)16-8-5-11-22(13-16)25(23,24)18-10-4-7-15-6-2-3-9-17(15)18/h2-4,6-7,9-10,12,16H,5,8,11,13H2,1H3,(H,20,21). The number of nitrogens with one attached hydrogen (secondary N) is 1. The van der Waals surface area contributed by atoms with E-state index in [4.69, 9.17) is 0 Å². The van der Waals surface area contributed by atoms with Crippen LogP contribution in [0.5, 0.6) is 0 Å². The number of rotatable bonds is 3. The van der Waals surface area contributed by atoms with Crippen LogP contribution in [0.15, 0.2) is 53.6 Å². The number of nitrogens with zero attached hydrogens (tertiary/aromatic N) is 2. The summed E-state index contributed by atoms with van der Waals surface area (Å²) in [6, 6.07) is 13.1. The van der Waals surface area contributed by atoms with Gasteiger partial charge in [-0.25, -0.2) is 8.42 Å². The van der Waals surface area contributed by atoms with Gasteiger partial charge in [0.1, 0.15) is 0 Å². The van der Waals surface area contributed by atoms with Crippen molar-refractivity contribution >= 4 is 20.8 Å². The minimum absolute atomic E-state index is 0.168. The van der Waals surface area contributed by atoms with Gasteiger partial charge < -0.3 is 0 Å². The average molecular weight is 355 g/mol. The lowest BCUT2D eigenvalue weighted by Gasteiger charge is -2.32. The first-order valence-electron chi connectivity index (χ1n) is 8.55. The first-order chi connectivity index (χ1) is 12.1. The summed E-state index contributed by atoms with van der Waals surface area (Å²) in [7, 11) is -3.53. The van der Waals surface area contributed by atoms with Gasteiger partial charge in [0.2, 0.25) is 10.0 Å². The lowest BCUT2D eigenvalue weighted by atomic mass is 9.94. The van der Waals surface area contributed by atoms with Gasteiger partial charge in [-0.1, -0.05) is 36.4 Å². The molecule has 1 atom stereocenters. The fourth-order valence-electron chi connectivity index (χ4n) is 3.73. The summed E-state index contributed by atoms with van der Waals surface area (Å²) in [5, 5.41) is 8.86. The highest BCUT2D eigenvalue weighted by Crippen LogP contribution is 2.32.